The van der Waals surface area contributed by atoms with Gasteiger partial charge in [0.15, 0.2) is 0 Å². The van der Waals surface area contributed by atoms with Gasteiger partial charge in [-0.25, -0.2) is 0 Å². The first-order valence-electron chi connectivity index (χ1n) is 11.1. The Kier molecular flexibility index (Phi) is 6.90. The first-order chi connectivity index (χ1) is 14.7. The SMILES string of the molecule is CCC(C)(C)[C@@H]1CCCN1c1ccc(C(C)CC(=O)O)cc1Nc1ccc(C#N)cc1. The summed E-state index contributed by atoms with van der Waals surface area (Å²) in [4.78, 5) is 13.7. The van der Waals surface area contributed by atoms with Crippen molar-refractivity contribution in [2.45, 2.75) is 65.3 Å². The Labute approximate surface area is 185 Å². The zero-order valence-electron chi connectivity index (χ0n) is 19.0. The van der Waals surface area contributed by atoms with Crippen molar-refractivity contribution >= 4 is 23.0 Å². The summed E-state index contributed by atoms with van der Waals surface area (Å²) >= 11 is 0. The van der Waals surface area contributed by atoms with Gasteiger partial charge in [-0.15, -0.1) is 0 Å². The van der Waals surface area contributed by atoms with Crippen molar-refractivity contribution < 1.29 is 9.90 Å². The first kappa shape index (κ1) is 22.7. The third kappa shape index (κ3) is 5.19. The van der Waals surface area contributed by atoms with Gasteiger partial charge >= 0.3 is 5.97 Å². The van der Waals surface area contributed by atoms with E-state index in [1.54, 1.807) is 12.1 Å². The van der Waals surface area contributed by atoms with Gasteiger partial charge in [-0.3, -0.25) is 4.79 Å². The molecule has 0 aliphatic carbocycles. The average molecular weight is 420 g/mol. The van der Waals surface area contributed by atoms with Crippen LogP contribution in [0.25, 0.3) is 0 Å². The van der Waals surface area contributed by atoms with Gasteiger partial charge in [-0.1, -0.05) is 33.8 Å². The smallest absolute Gasteiger partial charge is 0.303 e. The number of nitrogens with zero attached hydrogens (tertiary/aromatic N) is 2. The van der Waals surface area contributed by atoms with Crippen LogP contribution >= 0.6 is 0 Å². The van der Waals surface area contributed by atoms with Gasteiger partial charge in [0.1, 0.15) is 0 Å². The van der Waals surface area contributed by atoms with Crippen LogP contribution in [0.1, 0.15) is 70.4 Å². The topological polar surface area (TPSA) is 76.4 Å². The van der Waals surface area contributed by atoms with Crippen LogP contribution in [-0.4, -0.2) is 23.7 Å². The quantitative estimate of drug-likeness (QED) is 0.526. The number of carboxylic acid groups (broad SMARTS) is 1. The van der Waals surface area contributed by atoms with E-state index in [1.807, 2.05) is 19.1 Å². The number of hydrogen-bond acceptors (Lipinski definition) is 4. The van der Waals surface area contributed by atoms with Gasteiger partial charge in [-0.05, 0) is 72.6 Å². The zero-order chi connectivity index (χ0) is 22.6. The van der Waals surface area contributed by atoms with Crippen molar-refractivity contribution in [2.24, 2.45) is 5.41 Å². The number of carboxylic acids is 1. The molecular formula is C26H33N3O2. The maximum absolute atomic E-state index is 11.2. The largest absolute Gasteiger partial charge is 0.481 e. The van der Waals surface area contributed by atoms with Crippen LogP contribution in [0.5, 0.6) is 0 Å². The van der Waals surface area contributed by atoms with E-state index in [4.69, 9.17) is 5.26 Å². The number of nitrogens with one attached hydrogen (secondary N) is 1. The van der Waals surface area contributed by atoms with E-state index in [1.165, 1.54) is 12.8 Å². The molecule has 5 heteroatoms. The summed E-state index contributed by atoms with van der Waals surface area (Å²) in [5, 5.41) is 21.8. The Morgan fingerprint density at radius 3 is 2.61 bits per heavy atom. The van der Waals surface area contributed by atoms with Crippen LogP contribution in [0, 0.1) is 16.7 Å². The molecule has 1 heterocycles. The molecular weight excluding hydrogens is 386 g/mol. The van der Waals surface area contributed by atoms with Gasteiger partial charge in [0, 0.05) is 18.3 Å². The molecule has 0 bridgehead atoms. The molecule has 2 aromatic carbocycles. The Morgan fingerprint density at radius 2 is 2.00 bits per heavy atom. The molecule has 3 rings (SSSR count). The molecule has 164 valence electrons. The molecule has 2 aromatic rings. The lowest BCUT2D eigenvalue weighted by molar-refractivity contribution is -0.137. The number of nitriles is 1. The molecule has 31 heavy (non-hydrogen) atoms. The lowest BCUT2D eigenvalue weighted by atomic mass is 9.80. The summed E-state index contributed by atoms with van der Waals surface area (Å²) in [6.07, 6.45) is 3.56. The second kappa shape index (κ2) is 9.43. The number of anilines is 3. The summed E-state index contributed by atoms with van der Waals surface area (Å²) in [5.41, 5.74) is 4.88. The van der Waals surface area contributed by atoms with E-state index in [0.717, 1.165) is 35.6 Å². The molecule has 0 saturated carbocycles. The number of carbonyl (C=O) groups is 1. The van der Waals surface area contributed by atoms with Crippen LogP contribution in [0.15, 0.2) is 42.5 Å². The van der Waals surface area contributed by atoms with Gasteiger partial charge in [0.2, 0.25) is 0 Å². The summed E-state index contributed by atoms with van der Waals surface area (Å²) < 4.78 is 0. The molecule has 1 aliphatic rings. The molecule has 1 unspecified atom stereocenters. The summed E-state index contributed by atoms with van der Waals surface area (Å²) in [7, 11) is 0. The Morgan fingerprint density at radius 1 is 1.29 bits per heavy atom. The van der Waals surface area contributed by atoms with E-state index in [2.05, 4.69) is 55.3 Å². The maximum Gasteiger partial charge on any atom is 0.303 e. The van der Waals surface area contributed by atoms with Gasteiger partial charge in [-0.2, -0.15) is 5.26 Å². The predicted octanol–water partition coefficient (Wildman–Crippen LogP) is 6.29. The lowest BCUT2D eigenvalue weighted by Gasteiger charge is -2.39. The highest BCUT2D eigenvalue weighted by Gasteiger charge is 2.37. The number of rotatable bonds is 8. The highest BCUT2D eigenvalue weighted by Crippen LogP contribution is 2.42. The first-order valence-corrected chi connectivity index (χ1v) is 11.1. The van der Waals surface area contributed by atoms with E-state index in [-0.39, 0.29) is 17.8 Å². The van der Waals surface area contributed by atoms with Crippen molar-refractivity contribution in [1.82, 2.24) is 0 Å². The summed E-state index contributed by atoms with van der Waals surface area (Å²) in [6, 6.07) is 16.3. The Balaban J connectivity index is 2.00. The second-order valence-electron chi connectivity index (χ2n) is 9.28. The fraction of sp³-hybridized carbons (Fsp3) is 0.462. The molecule has 5 nitrogen and oxygen atoms in total. The van der Waals surface area contributed by atoms with Crippen LogP contribution in [-0.2, 0) is 4.79 Å². The van der Waals surface area contributed by atoms with Crippen LogP contribution in [0.2, 0.25) is 0 Å². The van der Waals surface area contributed by atoms with E-state index >= 15 is 0 Å². The maximum atomic E-state index is 11.2. The van der Waals surface area contributed by atoms with Crippen molar-refractivity contribution in [2.75, 3.05) is 16.8 Å². The van der Waals surface area contributed by atoms with E-state index < -0.39 is 5.97 Å². The van der Waals surface area contributed by atoms with E-state index in [0.29, 0.717) is 11.6 Å². The zero-order valence-corrected chi connectivity index (χ0v) is 19.0. The molecule has 1 aliphatic heterocycles. The predicted molar refractivity (Wildman–Crippen MR) is 126 cm³/mol. The third-order valence-corrected chi connectivity index (χ3v) is 6.74. The summed E-state index contributed by atoms with van der Waals surface area (Å²) in [5.74, 6) is -0.864. The summed E-state index contributed by atoms with van der Waals surface area (Å²) in [6.45, 7) is 9.90. The van der Waals surface area contributed by atoms with Gasteiger partial charge in [0.25, 0.3) is 0 Å². The molecule has 1 fully saturated rings. The minimum Gasteiger partial charge on any atom is -0.481 e. The minimum absolute atomic E-state index is 0.0745. The normalized spacial score (nSPS) is 17.3. The molecule has 0 spiro atoms. The second-order valence-corrected chi connectivity index (χ2v) is 9.28. The minimum atomic E-state index is -0.789. The lowest BCUT2D eigenvalue weighted by Crippen LogP contribution is -2.41. The molecule has 2 atom stereocenters. The van der Waals surface area contributed by atoms with E-state index in [9.17, 15) is 9.90 Å². The van der Waals surface area contributed by atoms with Crippen LogP contribution in [0.4, 0.5) is 17.1 Å². The van der Waals surface area contributed by atoms with Gasteiger partial charge in [0.05, 0.1) is 29.4 Å². The van der Waals surface area contributed by atoms with Crippen molar-refractivity contribution in [3.63, 3.8) is 0 Å². The van der Waals surface area contributed by atoms with Crippen LogP contribution < -0.4 is 10.2 Å². The fourth-order valence-electron chi connectivity index (χ4n) is 4.48. The monoisotopic (exact) mass is 419 g/mol. The molecule has 0 amide bonds. The molecule has 0 aromatic heterocycles. The van der Waals surface area contributed by atoms with Gasteiger partial charge < -0.3 is 15.3 Å². The Bertz CT molecular complexity index is 960. The van der Waals surface area contributed by atoms with Crippen molar-refractivity contribution in [3.05, 3.63) is 53.6 Å². The standard InChI is InChI=1S/C26H33N3O2/c1-5-26(3,4)24-7-6-14-29(24)23-13-10-20(18(2)15-25(30)31)16-22(23)28-21-11-8-19(17-27)9-12-21/h8-13,16,18,24,28H,5-7,14-15H2,1-4H3,(H,30,31)/t18?,24-/m0/s1. The van der Waals surface area contributed by atoms with Crippen molar-refractivity contribution in [3.8, 4) is 6.07 Å². The fourth-order valence-corrected chi connectivity index (χ4v) is 4.48. The average Bonchev–Trinajstić information content (AvgIpc) is 3.24. The molecule has 1 saturated heterocycles. The van der Waals surface area contributed by atoms with Crippen molar-refractivity contribution in [1.29, 1.82) is 5.26 Å². The van der Waals surface area contributed by atoms with Crippen LogP contribution in [0.3, 0.4) is 0 Å². The number of hydrogen-bond donors (Lipinski definition) is 2. The number of benzene rings is 2. The molecule has 0 radical (unpaired) electrons. The molecule has 2 N–H and O–H groups in total. The highest BCUT2D eigenvalue weighted by atomic mass is 16.4. The number of aliphatic carboxylic acids is 1. The Hall–Kier alpha value is -3.00. The third-order valence-electron chi connectivity index (χ3n) is 6.74. The highest BCUT2D eigenvalue weighted by molar-refractivity contribution is 5.77.